The van der Waals surface area contributed by atoms with Crippen LogP contribution in [-0.4, -0.2) is 34.1 Å². The van der Waals surface area contributed by atoms with E-state index in [1.807, 2.05) is 18.2 Å². The summed E-state index contributed by atoms with van der Waals surface area (Å²) >= 11 is 12.8. The third kappa shape index (κ3) is 7.19. The van der Waals surface area contributed by atoms with E-state index in [4.69, 9.17) is 23.2 Å². The monoisotopic (exact) mass is 513 g/mol. The molecule has 0 aliphatic heterocycles. The minimum absolute atomic E-state index is 0.00985. The Labute approximate surface area is 204 Å². The second-order valence-electron chi connectivity index (χ2n) is 7.55. The first kappa shape index (κ1) is 25.5. The molecule has 1 heterocycles. The SMILES string of the molecule is CCc1cccc(CNCC(O)C(Cc2cc(F)cc(F)c2)NC(=O)c2nsc(Cl)c2Cl)c1. The van der Waals surface area contributed by atoms with Crippen molar-refractivity contribution in [1.29, 1.82) is 0 Å². The van der Waals surface area contributed by atoms with E-state index in [1.165, 1.54) is 5.56 Å². The Morgan fingerprint density at radius 2 is 1.82 bits per heavy atom. The zero-order chi connectivity index (χ0) is 24.0. The van der Waals surface area contributed by atoms with Crippen molar-refractivity contribution >= 4 is 40.6 Å². The van der Waals surface area contributed by atoms with Crippen molar-refractivity contribution < 1.29 is 18.7 Å². The van der Waals surface area contributed by atoms with Gasteiger partial charge < -0.3 is 15.7 Å². The number of hydrogen-bond donors (Lipinski definition) is 3. The van der Waals surface area contributed by atoms with Crippen molar-refractivity contribution in [3.63, 3.8) is 0 Å². The van der Waals surface area contributed by atoms with E-state index in [-0.39, 0.29) is 33.6 Å². The first-order valence-electron chi connectivity index (χ1n) is 10.3. The number of benzene rings is 2. The van der Waals surface area contributed by atoms with Gasteiger partial charge in [-0.25, -0.2) is 8.78 Å². The number of aromatic nitrogens is 1. The highest BCUT2D eigenvalue weighted by Crippen LogP contribution is 2.29. The number of rotatable bonds is 10. The summed E-state index contributed by atoms with van der Waals surface area (Å²) in [7, 11) is 0. The molecule has 0 bridgehead atoms. The number of aliphatic hydroxyl groups excluding tert-OH is 1. The van der Waals surface area contributed by atoms with E-state index in [1.54, 1.807) is 0 Å². The fourth-order valence-electron chi connectivity index (χ4n) is 3.37. The molecule has 3 rings (SSSR count). The van der Waals surface area contributed by atoms with Crippen molar-refractivity contribution in [1.82, 2.24) is 15.0 Å². The molecule has 3 N–H and O–H groups in total. The predicted molar refractivity (Wildman–Crippen MR) is 127 cm³/mol. The molecule has 0 saturated heterocycles. The maximum Gasteiger partial charge on any atom is 0.272 e. The highest BCUT2D eigenvalue weighted by Gasteiger charge is 2.26. The summed E-state index contributed by atoms with van der Waals surface area (Å²) in [5.41, 5.74) is 2.47. The number of aryl methyl sites for hydroxylation is 1. The van der Waals surface area contributed by atoms with Crippen molar-refractivity contribution in [2.45, 2.75) is 38.5 Å². The number of nitrogens with zero attached hydrogens (tertiary/aromatic N) is 1. The van der Waals surface area contributed by atoms with Crippen molar-refractivity contribution in [3.8, 4) is 0 Å². The number of aliphatic hydroxyl groups is 1. The third-order valence-electron chi connectivity index (χ3n) is 5.05. The Balaban J connectivity index is 1.71. The average Bonchev–Trinajstić information content (AvgIpc) is 3.11. The number of carbonyl (C=O) groups excluding carboxylic acids is 1. The standard InChI is InChI=1S/C23H23Cl2F2N3O2S/c1-2-13-4-3-5-14(6-13)11-28-12-19(31)18(9-15-7-16(26)10-17(27)8-15)29-23(32)21-20(24)22(25)33-30-21/h3-8,10,18-19,28,31H,2,9,11-12H2,1H3,(H,29,32). The molecule has 2 atom stereocenters. The third-order valence-corrected chi connectivity index (χ3v) is 6.66. The topological polar surface area (TPSA) is 74.2 Å². The highest BCUT2D eigenvalue weighted by atomic mass is 35.5. The molecule has 10 heteroatoms. The fraction of sp³-hybridized carbons (Fsp3) is 0.304. The summed E-state index contributed by atoms with van der Waals surface area (Å²) in [6, 6.07) is 10.3. The molecule has 1 amide bonds. The molecule has 33 heavy (non-hydrogen) atoms. The van der Waals surface area contributed by atoms with Crippen LogP contribution in [0, 0.1) is 11.6 Å². The van der Waals surface area contributed by atoms with Crippen LogP contribution in [-0.2, 0) is 19.4 Å². The molecule has 0 aliphatic carbocycles. The van der Waals surface area contributed by atoms with Crippen LogP contribution in [0.2, 0.25) is 9.36 Å². The lowest BCUT2D eigenvalue weighted by atomic mass is 10.00. The molecule has 2 aromatic carbocycles. The van der Waals surface area contributed by atoms with Gasteiger partial charge in [0, 0.05) is 19.2 Å². The molecule has 2 unspecified atom stereocenters. The van der Waals surface area contributed by atoms with Crippen LogP contribution in [0.3, 0.4) is 0 Å². The number of amides is 1. The molecular formula is C23H23Cl2F2N3O2S. The normalized spacial score (nSPS) is 13.0. The molecule has 3 aromatic rings. The zero-order valence-corrected chi connectivity index (χ0v) is 20.1. The second-order valence-corrected chi connectivity index (χ2v) is 9.31. The number of halogens is 4. The molecular weight excluding hydrogens is 491 g/mol. The summed E-state index contributed by atoms with van der Waals surface area (Å²) in [6.07, 6.45) is -0.162. The molecule has 176 valence electrons. The van der Waals surface area contributed by atoms with Crippen LogP contribution in [0.25, 0.3) is 0 Å². The van der Waals surface area contributed by atoms with Crippen LogP contribution < -0.4 is 10.6 Å². The van der Waals surface area contributed by atoms with E-state index in [9.17, 15) is 18.7 Å². The summed E-state index contributed by atoms with van der Waals surface area (Å²) < 4.78 is 31.4. The average molecular weight is 514 g/mol. The maximum atomic E-state index is 13.7. The Hall–Kier alpha value is -2.10. The smallest absolute Gasteiger partial charge is 0.272 e. The maximum absolute atomic E-state index is 13.7. The Kier molecular flexibility index (Phi) is 9.17. The predicted octanol–water partition coefficient (Wildman–Crippen LogP) is 4.78. The van der Waals surface area contributed by atoms with Gasteiger partial charge in [0.05, 0.1) is 12.1 Å². The van der Waals surface area contributed by atoms with Crippen molar-refractivity contribution in [3.05, 3.63) is 85.8 Å². The lowest BCUT2D eigenvalue weighted by Gasteiger charge is -2.25. The number of hydrogen-bond acceptors (Lipinski definition) is 5. The van der Waals surface area contributed by atoms with Gasteiger partial charge in [0.25, 0.3) is 5.91 Å². The molecule has 5 nitrogen and oxygen atoms in total. The zero-order valence-electron chi connectivity index (χ0n) is 17.7. The van der Waals surface area contributed by atoms with Crippen LogP contribution >= 0.6 is 34.7 Å². The first-order chi connectivity index (χ1) is 15.8. The Morgan fingerprint density at radius 3 is 2.45 bits per heavy atom. The van der Waals surface area contributed by atoms with Gasteiger partial charge in [0.15, 0.2) is 5.69 Å². The quantitative estimate of drug-likeness (QED) is 0.364. The highest BCUT2D eigenvalue weighted by molar-refractivity contribution is 7.11. The van der Waals surface area contributed by atoms with Gasteiger partial charge in [0.1, 0.15) is 21.0 Å². The van der Waals surface area contributed by atoms with Crippen LogP contribution in [0.15, 0.2) is 42.5 Å². The van der Waals surface area contributed by atoms with E-state index < -0.39 is 29.7 Å². The van der Waals surface area contributed by atoms with Gasteiger partial charge in [0.2, 0.25) is 0 Å². The first-order valence-corrected chi connectivity index (χ1v) is 11.8. The van der Waals surface area contributed by atoms with Crippen LogP contribution in [0.5, 0.6) is 0 Å². The lowest BCUT2D eigenvalue weighted by molar-refractivity contribution is 0.0826. The summed E-state index contributed by atoms with van der Waals surface area (Å²) in [5, 5.41) is 16.7. The molecule has 0 saturated carbocycles. The lowest BCUT2D eigenvalue weighted by Crippen LogP contribution is -2.48. The van der Waals surface area contributed by atoms with E-state index in [0.29, 0.717) is 6.54 Å². The van der Waals surface area contributed by atoms with Gasteiger partial charge in [-0.3, -0.25) is 4.79 Å². The fourth-order valence-corrected chi connectivity index (χ4v) is 4.37. The van der Waals surface area contributed by atoms with Gasteiger partial charge in [-0.1, -0.05) is 54.4 Å². The molecule has 0 aliphatic rings. The molecule has 1 aromatic heterocycles. The van der Waals surface area contributed by atoms with Gasteiger partial charge in [-0.2, -0.15) is 4.37 Å². The van der Waals surface area contributed by atoms with Gasteiger partial charge >= 0.3 is 0 Å². The van der Waals surface area contributed by atoms with E-state index in [2.05, 4.69) is 28.0 Å². The number of nitrogens with one attached hydrogen (secondary N) is 2. The molecule has 0 radical (unpaired) electrons. The second kappa shape index (κ2) is 11.9. The Morgan fingerprint density at radius 1 is 1.12 bits per heavy atom. The summed E-state index contributed by atoms with van der Waals surface area (Å²) in [5.74, 6) is -2.12. The largest absolute Gasteiger partial charge is 0.390 e. The van der Waals surface area contributed by atoms with Crippen LogP contribution in [0.1, 0.15) is 34.1 Å². The minimum atomic E-state index is -1.07. The van der Waals surface area contributed by atoms with Gasteiger partial charge in [-0.15, -0.1) is 0 Å². The molecule has 0 fully saturated rings. The summed E-state index contributed by atoms with van der Waals surface area (Å²) in [4.78, 5) is 12.7. The van der Waals surface area contributed by atoms with Crippen molar-refractivity contribution in [2.24, 2.45) is 0 Å². The molecule has 0 spiro atoms. The summed E-state index contributed by atoms with van der Waals surface area (Å²) in [6.45, 7) is 2.71. The number of carbonyl (C=O) groups is 1. The minimum Gasteiger partial charge on any atom is -0.390 e. The van der Waals surface area contributed by atoms with Crippen molar-refractivity contribution in [2.75, 3.05) is 6.54 Å². The van der Waals surface area contributed by atoms with E-state index >= 15 is 0 Å². The van der Waals surface area contributed by atoms with E-state index in [0.717, 1.165) is 41.7 Å². The van der Waals surface area contributed by atoms with Crippen LogP contribution in [0.4, 0.5) is 8.78 Å². The van der Waals surface area contributed by atoms with Gasteiger partial charge in [-0.05, 0) is 53.2 Å². The Bertz CT molecular complexity index is 1090.